The number of allylic oxidation sites excluding steroid dienone is 2. The minimum absolute atomic E-state index is 0.154. The summed E-state index contributed by atoms with van der Waals surface area (Å²) in [7, 11) is 0. The minimum Gasteiger partial charge on any atom is -0.347 e. The van der Waals surface area contributed by atoms with Crippen molar-refractivity contribution in [3.63, 3.8) is 0 Å². The predicted octanol–water partition coefficient (Wildman–Crippen LogP) is 4.21. The van der Waals surface area contributed by atoms with Crippen molar-refractivity contribution >= 4 is 28.1 Å². The van der Waals surface area contributed by atoms with Crippen LogP contribution >= 0.6 is 0 Å². The lowest BCUT2D eigenvalue weighted by molar-refractivity contribution is -0.00602. The Balaban J connectivity index is 1.92. The van der Waals surface area contributed by atoms with E-state index >= 15 is 0 Å². The van der Waals surface area contributed by atoms with Gasteiger partial charge in [-0.25, -0.2) is 8.78 Å². The number of para-hydroxylation sites is 1. The standard InChI is InChI=1S/C19H19F2N3O/c1-12(22)10-24-18(25)15-9-14-3-2-4-16(17(14)23-11-15)13-5-7-19(20,21)8-6-13/h2-5,9,11,22H,6-8,10H2,1H3,(H,24,25). The summed E-state index contributed by atoms with van der Waals surface area (Å²) in [5.74, 6) is -2.91. The molecule has 0 bridgehead atoms. The molecule has 0 aliphatic heterocycles. The Kier molecular flexibility index (Phi) is 4.61. The van der Waals surface area contributed by atoms with Gasteiger partial charge < -0.3 is 10.7 Å². The maximum atomic E-state index is 13.4. The Bertz CT molecular complexity index is 874. The molecule has 2 N–H and O–H groups in total. The summed E-state index contributed by atoms with van der Waals surface area (Å²) in [6.07, 6.45) is 2.99. The van der Waals surface area contributed by atoms with Crippen molar-refractivity contribution < 1.29 is 13.6 Å². The number of fused-ring (bicyclic) bond motifs is 1. The van der Waals surface area contributed by atoms with Gasteiger partial charge in [0.2, 0.25) is 0 Å². The average Bonchev–Trinajstić information content (AvgIpc) is 2.58. The van der Waals surface area contributed by atoms with Gasteiger partial charge in [0.05, 0.1) is 17.6 Å². The van der Waals surface area contributed by atoms with Crippen molar-refractivity contribution in [2.75, 3.05) is 6.54 Å². The molecule has 0 atom stereocenters. The van der Waals surface area contributed by atoms with Crippen molar-refractivity contribution in [1.82, 2.24) is 10.3 Å². The number of carbonyl (C=O) groups is 1. The van der Waals surface area contributed by atoms with Gasteiger partial charge in [0.1, 0.15) is 0 Å². The number of carbonyl (C=O) groups excluding carboxylic acids is 1. The fourth-order valence-electron chi connectivity index (χ4n) is 2.90. The van der Waals surface area contributed by atoms with E-state index in [1.807, 2.05) is 18.2 Å². The van der Waals surface area contributed by atoms with E-state index in [9.17, 15) is 13.6 Å². The van der Waals surface area contributed by atoms with E-state index in [1.54, 1.807) is 19.1 Å². The third-order valence-electron chi connectivity index (χ3n) is 4.24. The highest BCUT2D eigenvalue weighted by Crippen LogP contribution is 2.37. The van der Waals surface area contributed by atoms with Gasteiger partial charge in [0.25, 0.3) is 11.8 Å². The molecule has 0 radical (unpaired) electrons. The molecule has 6 heteroatoms. The summed E-state index contributed by atoms with van der Waals surface area (Å²) in [5, 5.41) is 10.8. The summed E-state index contributed by atoms with van der Waals surface area (Å²) in [4.78, 5) is 16.5. The first kappa shape index (κ1) is 17.2. The molecular formula is C19H19F2N3O. The van der Waals surface area contributed by atoms with Crippen LogP contribution in [0.15, 0.2) is 36.5 Å². The normalized spacial score (nSPS) is 16.4. The topological polar surface area (TPSA) is 65.8 Å². The van der Waals surface area contributed by atoms with Crippen LogP contribution < -0.4 is 5.32 Å². The number of aromatic nitrogens is 1. The predicted molar refractivity (Wildman–Crippen MR) is 94.3 cm³/mol. The maximum Gasteiger partial charge on any atom is 0.253 e. The summed E-state index contributed by atoms with van der Waals surface area (Å²) in [6, 6.07) is 7.31. The second kappa shape index (κ2) is 6.70. The lowest BCUT2D eigenvalue weighted by Gasteiger charge is -2.22. The molecule has 1 amide bonds. The molecule has 1 aliphatic rings. The average molecular weight is 343 g/mol. The minimum atomic E-state index is -2.63. The molecule has 25 heavy (non-hydrogen) atoms. The zero-order valence-corrected chi connectivity index (χ0v) is 13.9. The maximum absolute atomic E-state index is 13.4. The number of rotatable bonds is 4. The number of nitrogens with zero attached hydrogens (tertiary/aromatic N) is 1. The van der Waals surface area contributed by atoms with Gasteiger partial charge in [-0.2, -0.15) is 0 Å². The molecule has 1 heterocycles. The van der Waals surface area contributed by atoms with Gasteiger partial charge in [-0.15, -0.1) is 0 Å². The van der Waals surface area contributed by atoms with Crippen LogP contribution in [0.5, 0.6) is 0 Å². The van der Waals surface area contributed by atoms with Crippen molar-refractivity contribution in [1.29, 1.82) is 5.41 Å². The van der Waals surface area contributed by atoms with Crippen molar-refractivity contribution in [2.24, 2.45) is 0 Å². The number of benzene rings is 1. The number of hydrogen-bond donors (Lipinski definition) is 2. The monoisotopic (exact) mass is 343 g/mol. The molecule has 3 rings (SSSR count). The Labute approximate surface area is 144 Å². The van der Waals surface area contributed by atoms with Crippen LogP contribution in [0.1, 0.15) is 42.1 Å². The van der Waals surface area contributed by atoms with E-state index in [-0.39, 0.29) is 25.3 Å². The number of pyridine rings is 1. The van der Waals surface area contributed by atoms with E-state index in [4.69, 9.17) is 5.41 Å². The van der Waals surface area contributed by atoms with Gasteiger partial charge in [-0.3, -0.25) is 9.78 Å². The number of nitrogens with one attached hydrogen (secondary N) is 2. The smallest absolute Gasteiger partial charge is 0.253 e. The fraction of sp³-hybridized carbons (Fsp3) is 0.316. The fourth-order valence-corrected chi connectivity index (χ4v) is 2.90. The van der Waals surface area contributed by atoms with E-state index in [0.717, 1.165) is 16.5 Å². The van der Waals surface area contributed by atoms with Crippen molar-refractivity contribution in [3.8, 4) is 0 Å². The zero-order valence-electron chi connectivity index (χ0n) is 13.9. The molecule has 4 nitrogen and oxygen atoms in total. The lowest BCUT2D eigenvalue weighted by Crippen LogP contribution is -2.28. The van der Waals surface area contributed by atoms with Crippen LogP contribution in [-0.2, 0) is 0 Å². The Morgan fingerprint density at radius 1 is 1.40 bits per heavy atom. The highest BCUT2D eigenvalue weighted by Gasteiger charge is 2.31. The van der Waals surface area contributed by atoms with Gasteiger partial charge in [0.15, 0.2) is 0 Å². The third-order valence-corrected chi connectivity index (χ3v) is 4.24. The van der Waals surface area contributed by atoms with Crippen molar-refractivity contribution in [2.45, 2.75) is 32.1 Å². The highest BCUT2D eigenvalue weighted by atomic mass is 19.3. The van der Waals surface area contributed by atoms with Crippen LogP contribution in [0, 0.1) is 5.41 Å². The number of halogens is 2. The molecule has 1 aliphatic carbocycles. The number of alkyl halides is 2. The van der Waals surface area contributed by atoms with E-state index in [0.29, 0.717) is 23.2 Å². The van der Waals surface area contributed by atoms with Gasteiger partial charge in [-0.05, 0) is 25.0 Å². The highest BCUT2D eigenvalue weighted by molar-refractivity contribution is 6.00. The summed E-state index contributed by atoms with van der Waals surface area (Å²) < 4.78 is 26.7. The molecule has 130 valence electrons. The summed E-state index contributed by atoms with van der Waals surface area (Å²) in [5.41, 5.74) is 3.20. The molecule has 0 saturated heterocycles. The lowest BCUT2D eigenvalue weighted by atomic mass is 9.90. The molecule has 0 spiro atoms. The first-order valence-electron chi connectivity index (χ1n) is 8.14. The molecule has 0 unspecified atom stereocenters. The van der Waals surface area contributed by atoms with E-state index in [2.05, 4.69) is 10.3 Å². The van der Waals surface area contributed by atoms with Crippen LogP contribution in [0.25, 0.3) is 16.5 Å². The molecule has 0 fully saturated rings. The quantitative estimate of drug-likeness (QED) is 0.817. The van der Waals surface area contributed by atoms with Gasteiger partial charge >= 0.3 is 0 Å². The van der Waals surface area contributed by atoms with Gasteiger partial charge in [0, 0.05) is 35.7 Å². The van der Waals surface area contributed by atoms with E-state index < -0.39 is 5.92 Å². The molecule has 2 aromatic rings. The molecule has 1 aromatic heterocycles. The van der Waals surface area contributed by atoms with Gasteiger partial charge in [-0.1, -0.05) is 24.3 Å². The third kappa shape index (κ3) is 3.90. The largest absolute Gasteiger partial charge is 0.347 e. The Hall–Kier alpha value is -2.63. The van der Waals surface area contributed by atoms with Crippen LogP contribution in [0.2, 0.25) is 0 Å². The van der Waals surface area contributed by atoms with Crippen LogP contribution in [0.3, 0.4) is 0 Å². The van der Waals surface area contributed by atoms with Crippen LogP contribution in [-0.4, -0.2) is 29.1 Å². The number of hydrogen-bond acceptors (Lipinski definition) is 3. The first-order valence-corrected chi connectivity index (χ1v) is 8.14. The first-order chi connectivity index (χ1) is 11.9. The van der Waals surface area contributed by atoms with Crippen molar-refractivity contribution in [3.05, 3.63) is 47.7 Å². The Morgan fingerprint density at radius 3 is 2.88 bits per heavy atom. The molecule has 0 saturated carbocycles. The van der Waals surface area contributed by atoms with E-state index in [1.165, 1.54) is 6.20 Å². The zero-order chi connectivity index (χ0) is 18.0. The number of amides is 1. The summed E-state index contributed by atoms with van der Waals surface area (Å²) >= 11 is 0. The molecule has 1 aromatic carbocycles. The second-order valence-corrected chi connectivity index (χ2v) is 6.35. The summed E-state index contributed by atoms with van der Waals surface area (Å²) in [6.45, 7) is 1.81. The molecular weight excluding hydrogens is 324 g/mol. The second-order valence-electron chi connectivity index (χ2n) is 6.35. The van der Waals surface area contributed by atoms with Crippen LogP contribution in [0.4, 0.5) is 8.78 Å². The SMILES string of the molecule is CC(=N)CNC(=O)c1cnc2c(C3=CCC(F)(F)CC3)cccc2c1. The Morgan fingerprint density at radius 2 is 2.20 bits per heavy atom.